The maximum absolute atomic E-state index is 12.6. The maximum atomic E-state index is 12.6. The van der Waals surface area contributed by atoms with Gasteiger partial charge in [-0.25, -0.2) is 0 Å². The third kappa shape index (κ3) is 3.39. The van der Waals surface area contributed by atoms with Gasteiger partial charge in [0.25, 0.3) is 0 Å². The average molecular weight is 279 g/mol. The third-order valence-electron chi connectivity index (χ3n) is 3.34. The minimum atomic E-state index is -4.30. The summed E-state index contributed by atoms with van der Waals surface area (Å²) >= 11 is 0. The molecule has 2 aromatic carbocycles. The summed E-state index contributed by atoms with van der Waals surface area (Å²) in [5.74, 6) is 0. The molecule has 2 aromatic rings. The molecule has 1 unspecified atom stereocenters. The highest BCUT2D eigenvalue weighted by atomic mass is 19.4. The van der Waals surface area contributed by atoms with Crippen LogP contribution in [0.1, 0.15) is 28.3 Å². The van der Waals surface area contributed by atoms with Crippen LogP contribution in [0.25, 0.3) is 0 Å². The Balaban J connectivity index is 2.18. The topological polar surface area (TPSA) is 26.0 Å². The molecule has 0 aliphatic carbocycles. The first kappa shape index (κ1) is 14.6. The predicted molar refractivity (Wildman–Crippen MR) is 73.3 cm³/mol. The van der Waals surface area contributed by atoms with Gasteiger partial charge >= 0.3 is 6.18 Å². The Labute approximate surface area is 116 Å². The van der Waals surface area contributed by atoms with Crippen molar-refractivity contribution < 1.29 is 13.2 Å². The first-order chi connectivity index (χ1) is 9.38. The molecule has 1 nitrogen and oxygen atoms in total. The van der Waals surface area contributed by atoms with Crippen LogP contribution >= 0.6 is 0 Å². The van der Waals surface area contributed by atoms with Crippen LogP contribution in [0.4, 0.5) is 13.2 Å². The fourth-order valence-electron chi connectivity index (χ4n) is 2.16. The molecular weight excluding hydrogens is 263 g/mol. The first-order valence-corrected chi connectivity index (χ1v) is 6.35. The molecule has 0 heterocycles. The average Bonchev–Trinajstić information content (AvgIpc) is 2.41. The van der Waals surface area contributed by atoms with Gasteiger partial charge in [-0.2, -0.15) is 13.2 Å². The van der Waals surface area contributed by atoms with Gasteiger partial charge in [-0.3, -0.25) is 0 Å². The fourth-order valence-corrected chi connectivity index (χ4v) is 2.16. The molecule has 4 heteroatoms. The van der Waals surface area contributed by atoms with E-state index in [1.54, 1.807) is 6.92 Å². The van der Waals surface area contributed by atoms with Crippen LogP contribution in [-0.2, 0) is 12.6 Å². The summed E-state index contributed by atoms with van der Waals surface area (Å²) in [6, 6.07) is 13.1. The van der Waals surface area contributed by atoms with Crippen molar-refractivity contribution >= 4 is 0 Å². The summed E-state index contributed by atoms with van der Waals surface area (Å²) in [6.07, 6.45) is -3.78. The van der Waals surface area contributed by atoms with Crippen molar-refractivity contribution in [1.82, 2.24) is 0 Å². The number of alkyl halides is 3. The number of hydrogen-bond acceptors (Lipinski definition) is 1. The van der Waals surface area contributed by atoms with Gasteiger partial charge < -0.3 is 5.73 Å². The van der Waals surface area contributed by atoms with E-state index in [-0.39, 0.29) is 6.04 Å². The number of aryl methyl sites for hydroxylation is 1. The number of nitrogens with two attached hydrogens (primary N) is 1. The van der Waals surface area contributed by atoms with Crippen LogP contribution in [0.2, 0.25) is 0 Å². The zero-order chi connectivity index (χ0) is 14.8. The van der Waals surface area contributed by atoms with Crippen LogP contribution < -0.4 is 5.73 Å². The van der Waals surface area contributed by atoms with Gasteiger partial charge in [-0.1, -0.05) is 36.4 Å². The van der Waals surface area contributed by atoms with Crippen molar-refractivity contribution in [2.45, 2.75) is 25.6 Å². The van der Waals surface area contributed by atoms with Crippen molar-refractivity contribution in [3.63, 3.8) is 0 Å². The molecule has 20 heavy (non-hydrogen) atoms. The molecule has 0 spiro atoms. The zero-order valence-electron chi connectivity index (χ0n) is 11.1. The minimum Gasteiger partial charge on any atom is -0.324 e. The van der Waals surface area contributed by atoms with Crippen LogP contribution in [0, 0.1) is 6.92 Å². The van der Waals surface area contributed by atoms with Gasteiger partial charge in [0, 0.05) is 6.04 Å². The van der Waals surface area contributed by atoms with Gasteiger partial charge in [0.15, 0.2) is 0 Å². The van der Waals surface area contributed by atoms with E-state index in [4.69, 9.17) is 5.73 Å². The number of halogens is 3. The summed E-state index contributed by atoms with van der Waals surface area (Å²) in [4.78, 5) is 0. The lowest BCUT2D eigenvalue weighted by atomic mass is 9.95. The monoisotopic (exact) mass is 279 g/mol. The second-order valence-electron chi connectivity index (χ2n) is 4.86. The normalized spacial score (nSPS) is 13.2. The van der Waals surface area contributed by atoms with E-state index in [9.17, 15) is 13.2 Å². The van der Waals surface area contributed by atoms with Crippen LogP contribution in [0.3, 0.4) is 0 Å². The third-order valence-corrected chi connectivity index (χ3v) is 3.34. The lowest BCUT2D eigenvalue weighted by molar-refractivity contribution is -0.137. The number of benzene rings is 2. The maximum Gasteiger partial charge on any atom is 0.416 e. The van der Waals surface area contributed by atoms with E-state index >= 15 is 0 Å². The molecular formula is C16H16F3N. The van der Waals surface area contributed by atoms with Crippen molar-refractivity contribution in [3.8, 4) is 0 Å². The molecule has 0 aromatic heterocycles. The molecule has 106 valence electrons. The molecule has 0 amide bonds. The fraction of sp³-hybridized carbons (Fsp3) is 0.250. The Hall–Kier alpha value is -1.81. The smallest absolute Gasteiger partial charge is 0.324 e. The molecule has 0 aliphatic rings. The van der Waals surface area contributed by atoms with Gasteiger partial charge in [0.2, 0.25) is 0 Å². The molecule has 1 atom stereocenters. The van der Waals surface area contributed by atoms with E-state index in [0.29, 0.717) is 12.0 Å². The van der Waals surface area contributed by atoms with E-state index in [2.05, 4.69) is 0 Å². The Morgan fingerprint density at radius 3 is 2.25 bits per heavy atom. The molecule has 0 aliphatic heterocycles. The Morgan fingerprint density at radius 1 is 1.05 bits per heavy atom. The van der Waals surface area contributed by atoms with Crippen LogP contribution in [-0.4, -0.2) is 0 Å². The standard InChI is InChI=1S/C16H16F3N/c1-11-9-14(16(17,18)19)8-7-13(11)10-15(20)12-5-3-2-4-6-12/h2-9,15H,10,20H2,1H3. The highest BCUT2D eigenvalue weighted by Crippen LogP contribution is 2.31. The highest BCUT2D eigenvalue weighted by Gasteiger charge is 2.30. The van der Waals surface area contributed by atoms with E-state index < -0.39 is 11.7 Å². The molecule has 0 radical (unpaired) electrons. The number of rotatable bonds is 3. The molecule has 2 rings (SSSR count). The predicted octanol–water partition coefficient (Wildman–Crippen LogP) is 4.26. The van der Waals surface area contributed by atoms with E-state index in [1.165, 1.54) is 12.1 Å². The summed E-state index contributed by atoms with van der Waals surface area (Å²) < 4.78 is 37.8. The quantitative estimate of drug-likeness (QED) is 0.892. The van der Waals surface area contributed by atoms with Crippen LogP contribution in [0.15, 0.2) is 48.5 Å². The highest BCUT2D eigenvalue weighted by molar-refractivity contribution is 5.34. The zero-order valence-corrected chi connectivity index (χ0v) is 11.1. The van der Waals surface area contributed by atoms with Gasteiger partial charge in [0.1, 0.15) is 0 Å². The first-order valence-electron chi connectivity index (χ1n) is 6.35. The van der Waals surface area contributed by atoms with Crippen molar-refractivity contribution in [2.24, 2.45) is 5.73 Å². The summed E-state index contributed by atoms with van der Waals surface area (Å²) in [5.41, 5.74) is 7.92. The summed E-state index contributed by atoms with van der Waals surface area (Å²) in [7, 11) is 0. The van der Waals surface area contributed by atoms with E-state index in [0.717, 1.165) is 17.2 Å². The minimum absolute atomic E-state index is 0.216. The van der Waals surface area contributed by atoms with Crippen molar-refractivity contribution in [2.75, 3.05) is 0 Å². The molecule has 0 saturated carbocycles. The second-order valence-corrected chi connectivity index (χ2v) is 4.86. The Morgan fingerprint density at radius 2 is 1.70 bits per heavy atom. The summed E-state index contributed by atoms with van der Waals surface area (Å²) in [5, 5.41) is 0. The second kappa shape index (κ2) is 5.67. The lowest BCUT2D eigenvalue weighted by Gasteiger charge is -2.15. The van der Waals surface area contributed by atoms with Crippen molar-refractivity contribution in [3.05, 3.63) is 70.8 Å². The molecule has 2 N–H and O–H groups in total. The summed E-state index contributed by atoms with van der Waals surface area (Å²) in [6.45, 7) is 1.68. The molecule has 0 fully saturated rings. The van der Waals surface area contributed by atoms with Gasteiger partial charge in [-0.05, 0) is 42.2 Å². The van der Waals surface area contributed by atoms with E-state index in [1.807, 2.05) is 30.3 Å². The lowest BCUT2D eigenvalue weighted by Crippen LogP contribution is -2.14. The Bertz CT molecular complexity index is 576. The van der Waals surface area contributed by atoms with Crippen LogP contribution in [0.5, 0.6) is 0 Å². The van der Waals surface area contributed by atoms with Gasteiger partial charge in [0.05, 0.1) is 5.56 Å². The van der Waals surface area contributed by atoms with Crippen molar-refractivity contribution in [1.29, 1.82) is 0 Å². The Kier molecular flexibility index (Phi) is 4.14. The molecule has 0 saturated heterocycles. The largest absolute Gasteiger partial charge is 0.416 e. The molecule has 0 bridgehead atoms. The van der Waals surface area contributed by atoms with Gasteiger partial charge in [-0.15, -0.1) is 0 Å². The SMILES string of the molecule is Cc1cc(C(F)(F)F)ccc1CC(N)c1ccccc1. The number of hydrogen-bond donors (Lipinski definition) is 1.